The van der Waals surface area contributed by atoms with E-state index in [0.29, 0.717) is 0 Å². The van der Waals surface area contributed by atoms with Crippen molar-refractivity contribution in [2.24, 2.45) is 0 Å². The number of hydrogen-bond acceptors (Lipinski definition) is 3. The van der Waals surface area contributed by atoms with E-state index < -0.39 is 5.92 Å². The van der Waals surface area contributed by atoms with Crippen molar-refractivity contribution in [3.63, 3.8) is 0 Å². The molecule has 1 atom stereocenters. The number of benzene rings is 1. The fourth-order valence-electron chi connectivity index (χ4n) is 1.78. The SMILES string of the molecule is COc1ccc(C(C#N)C(C)=O)cc1C(C)C. The van der Waals surface area contributed by atoms with Crippen molar-refractivity contribution < 1.29 is 9.53 Å². The zero-order chi connectivity index (χ0) is 13.0. The Morgan fingerprint density at radius 2 is 2.06 bits per heavy atom. The number of ketones is 1. The van der Waals surface area contributed by atoms with E-state index in [1.165, 1.54) is 6.92 Å². The zero-order valence-electron chi connectivity index (χ0n) is 10.7. The Morgan fingerprint density at radius 1 is 1.41 bits per heavy atom. The van der Waals surface area contributed by atoms with Gasteiger partial charge >= 0.3 is 0 Å². The third-order valence-corrected chi connectivity index (χ3v) is 2.74. The van der Waals surface area contributed by atoms with Crippen LogP contribution in [0.5, 0.6) is 5.75 Å². The van der Waals surface area contributed by atoms with Crippen LogP contribution in [-0.2, 0) is 4.79 Å². The molecule has 0 amide bonds. The smallest absolute Gasteiger partial charge is 0.151 e. The van der Waals surface area contributed by atoms with Crippen molar-refractivity contribution in [1.29, 1.82) is 5.26 Å². The quantitative estimate of drug-likeness (QED) is 0.800. The van der Waals surface area contributed by atoms with Gasteiger partial charge in [0.25, 0.3) is 0 Å². The van der Waals surface area contributed by atoms with Crippen molar-refractivity contribution >= 4 is 5.78 Å². The molecule has 90 valence electrons. The third kappa shape index (κ3) is 2.85. The Balaban J connectivity index is 3.25. The largest absolute Gasteiger partial charge is 0.496 e. The number of nitriles is 1. The Bertz CT molecular complexity index is 458. The van der Waals surface area contributed by atoms with Gasteiger partial charge < -0.3 is 4.74 Å². The van der Waals surface area contributed by atoms with Crippen molar-refractivity contribution in [2.45, 2.75) is 32.6 Å². The molecule has 1 aromatic rings. The van der Waals surface area contributed by atoms with Crippen LogP contribution in [0.3, 0.4) is 0 Å². The normalized spacial score (nSPS) is 12.0. The van der Waals surface area contributed by atoms with E-state index in [2.05, 4.69) is 13.8 Å². The van der Waals surface area contributed by atoms with Crippen molar-refractivity contribution in [1.82, 2.24) is 0 Å². The molecule has 0 saturated carbocycles. The highest BCUT2D eigenvalue weighted by Gasteiger charge is 2.18. The maximum Gasteiger partial charge on any atom is 0.151 e. The van der Waals surface area contributed by atoms with Gasteiger partial charge in [-0.25, -0.2) is 0 Å². The fourth-order valence-corrected chi connectivity index (χ4v) is 1.78. The average molecular weight is 231 g/mol. The van der Waals surface area contributed by atoms with Gasteiger partial charge in [0.05, 0.1) is 13.2 Å². The molecule has 0 heterocycles. The monoisotopic (exact) mass is 231 g/mol. The molecule has 0 aliphatic carbocycles. The molecule has 3 nitrogen and oxygen atoms in total. The summed E-state index contributed by atoms with van der Waals surface area (Å²) in [6.45, 7) is 5.54. The summed E-state index contributed by atoms with van der Waals surface area (Å²) in [7, 11) is 1.62. The summed E-state index contributed by atoms with van der Waals surface area (Å²) < 4.78 is 5.27. The van der Waals surface area contributed by atoms with E-state index in [9.17, 15) is 4.79 Å². The molecule has 1 aromatic carbocycles. The van der Waals surface area contributed by atoms with E-state index in [-0.39, 0.29) is 11.7 Å². The first kappa shape index (κ1) is 13.2. The number of hydrogen-bond donors (Lipinski definition) is 0. The molecule has 0 aliphatic heterocycles. The maximum atomic E-state index is 11.4. The standard InChI is InChI=1S/C14H17NO2/c1-9(2)12-7-11(5-6-14(12)17-4)13(8-15)10(3)16/h5-7,9,13H,1-4H3. The lowest BCUT2D eigenvalue weighted by Gasteiger charge is -2.14. The van der Waals surface area contributed by atoms with Crippen LogP contribution >= 0.6 is 0 Å². The lowest BCUT2D eigenvalue weighted by atomic mass is 9.92. The first-order chi connectivity index (χ1) is 8.01. The van der Waals surface area contributed by atoms with Crippen LogP contribution < -0.4 is 4.74 Å². The number of ether oxygens (including phenoxy) is 1. The van der Waals surface area contributed by atoms with E-state index in [1.807, 2.05) is 18.2 Å². The summed E-state index contributed by atoms with van der Waals surface area (Å²) in [5.74, 6) is 0.269. The molecule has 1 rings (SSSR count). The van der Waals surface area contributed by atoms with Gasteiger partial charge in [0.1, 0.15) is 11.7 Å². The predicted molar refractivity (Wildman–Crippen MR) is 66.1 cm³/mol. The molecule has 0 aliphatic rings. The van der Waals surface area contributed by atoms with Crippen molar-refractivity contribution in [3.05, 3.63) is 29.3 Å². The summed E-state index contributed by atoms with van der Waals surface area (Å²) in [4.78, 5) is 11.4. The second-order valence-corrected chi connectivity index (χ2v) is 4.33. The van der Waals surface area contributed by atoms with Gasteiger partial charge in [-0.15, -0.1) is 0 Å². The second-order valence-electron chi connectivity index (χ2n) is 4.33. The summed E-state index contributed by atoms with van der Waals surface area (Å²) in [6.07, 6.45) is 0. The maximum absolute atomic E-state index is 11.4. The van der Waals surface area contributed by atoms with E-state index in [1.54, 1.807) is 13.2 Å². The number of methoxy groups -OCH3 is 1. The number of nitrogens with zero attached hydrogens (tertiary/aromatic N) is 1. The van der Waals surface area contributed by atoms with E-state index in [0.717, 1.165) is 16.9 Å². The van der Waals surface area contributed by atoms with E-state index >= 15 is 0 Å². The molecule has 0 aromatic heterocycles. The molecule has 0 radical (unpaired) electrons. The predicted octanol–water partition coefficient (Wildman–Crippen LogP) is 3.01. The molecular formula is C14H17NO2. The molecule has 0 fully saturated rings. The zero-order valence-corrected chi connectivity index (χ0v) is 10.7. The minimum absolute atomic E-state index is 0.132. The molecule has 0 spiro atoms. The minimum Gasteiger partial charge on any atom is -0.496 e. The molecule has 3 heteroatoms. The number of carbonyl (C=O) groups is 1. The van der Waals surface area contributed by atoms with Gasteiger partial charge in [0.15, 0.2) is 5.78 Å². The lowest BCUT2D eigenvalue weighted by Crippen LogP contribution is -2.07. The van der Waals surface area contributed by atoms with Crippen LogP contribution in [-0.4, -0.2) is 12.9 Å². The first-order valence-electron chi connectivity index (χ1n) is 5.59. The second kappa shape index (κ2) is 5.49. The third-order valence-electron chi connectivity index (χ3n) is 2.74. The highest BCUT2D eigenvalue weighted by molar-refractivity contribution is 5.86. The van der Waals surface area contributed by atoms with Crippen LogP contribution in [0.4, 0.5) is 0 Å². The molecule has 0 bridgehead atoms. The van der Waals surface area contributed by atoms with Crippen LogP contribution in [0, 0.1) is 11.3 Å². The Kier molecular flexibility index (Phi) is 4.28. The van der Waals surface area contributed by atoms with Crippen molar-refractivity contribution in [2.75, 3.05) is 7.11 Å². The summed E-state index contributed by atoms with van der Waals surface area (Å²) >= 11 is 0. The van der Waals surface area contributed by atoms with E-state index in [4.69, 9.17) is 10.00 Å². The highest BCUT2D eigenvalue weighted by Crippen LogP contribution is 2.30. The first-order valence-corrected chi connectivity index (χ1v) is 5.59. The number of rotatable bonds is 4. The average Bonchev–Trinajstić information content (AvgIpc) is 2.29. The minimum atomic E-state index is -0.682. The topological polar surface area (TPSA) is 50.1 Å². The molecular weight excluding hydrogens is 214 g/mol. The molecule has 0 saturated heterocycles. The Morgan fingerprint density at radius 3 is 2.47 bits per heavy atom. The van der Waals surface area contributed by atoms with Crippen LogP contribution in [0.25, 0.3) is 0 Å². The van der Waals surface area contributed by atoms with Crippen LogP contribution in [0.2, 0.25) is 0 Å². The highest BCUT2D eigenvalue weighted by atomic mass is 16.5. The van der Waals surface area contributed by atoms with Gasteiger partial charge in [0, 0.05) is 0 Å². The summed E-state index contributed by atoms with van der Waals surface area (Å²) in [5.41, 5.74) is 1.76. The lowest BCUT2D eigenvalue weighted by molar-refractivity contribution is -0.117. The van der Waals surface area contributed by atoms with Crippen LogP contribution in [0.1, 0.15) is 43.7 Å². The number of Topliss-reactive ketones (excluding diaryl/α,β-unsaturated/α-hetero) is 1. The molecule has 0 N–H and O–H groups in total. The van der Waals surface area contributed by atoms with Gasteiger partial charge in [-0.1, -0.05) is 26.0 Å². The number of carbonyl (C=O) groups excluding carboxylic acids is 1. The summed E-state index contributed by atoms with van der Waals surface area (Å²) in [5, 5.41) is 9.00. The Labute approximate surface area is 102 Å². The van der Waals surface area contributed by atoms with Gasteiger partial charge in [-0.05, 0) is 30.0 Å². The molecule has 1 unspecified atom stereocenters. The van der Waals surface area contributed by atoms with Crippen molar-refractivity contribution in [3.8, 4) is 11.8 Å². The van der Waals surface area contributed by atoms with Gasteiger partial charge in [-0.2, -0.15) is 5.26 Å². The Hall–Kier alpha value is -1.82. The van der Waals surface area contributed by atoms with Gasteiger partial charge in [0.2, 0.25) is 0 Å². The molecule has 17 heavy (non-hydrogen) atoms. The fraction of sp³-hybridized carbons (Fsp3) is 0.429. The van der Waals surface area contributed by atoms with Crippen LogP contribution in [0.15, 0.2) is 18.2 Å². The van der Waals surface area contributed by atoms with Gasteiger partial charge in [-0.3, -0.25) is 4.79 Å². The summed E-state index contributed by atoms with van der Waals surface area (Å²) in [6, 6.07) is 7.51.